The summed E-state index contributed by atoms with van der Waals surface area (Å²) < 4.78 is 5.63. The highest BCUT2D eigenvalue weighted by atomic mass is 35.5. The Bertz CT molecular complexity index is 1300. The smallest absolute Gasteiger partial charge is 0.265 e. The van der Waals surface area contributed by atoms with Crippen LogP contribution in [0.2, 0.25) is 5.02 Å². The van der Waals surface area contributed by atoms with E-state index in [0.29, 0.717) is 17.3 Å². The predicted octanol–water partition coefficient (Wildman–Crippen LogP) is 6.48. The van der Waals surface area contributed by atoms with Gasteiger partial charge in [-0.1, -0.05) is 60.1 Å². The Hall–Kier alpha value is -3.63. The summed E-state index contributed by atoms with van der Waals surface area (Å²) in [6.07, 6.45) is 0. The van der Waals surface area contributed by atoms with Crippen LogP contribution in [0.15, 0.2) is 84.9 Å². The number of amides is 1. The summed E-state index contributed by atoms with van der Waals surface area (Å²) in [6, 6.07) is 27.8. The van der Waals surface area contributed by atoms with Gasteiger partial charge in [-0.25, -0.2) is 4.98 Å². The Kier molecular flexibility index (Phi) is 5.38. The Morgan fingerprint density at radius 3 is 2.34 bits per heavy atom. The topological polar surface area (TPSA) is 42.4 Å². The van der Waals surface area contributed by atoms with E-state index in [1.807, 2.05) is 85.8 Å². The highest BCUT2D eigenvalue weighted by Gasteiger charge is 2.25. The highest BCUT2D eigenvalue weighted by Crippen LogP contribution is 2.38. The number of carbonyl (C=O) groups is 1. The third kappa shape index (κ3) is 3.74. The molecule has 1 aliphatic rings. The largest absolute Gasteiger partial charge is 0.482 e. The maximum atomic E-state index is 12.3. The van der Waals surface area contributed by atoms with Gasteiger partial charge in [0.05, 0.1) is 17.1 Å². The molecule has 0 aliphatic carbocycles. The second-order valence-electron chi connectivity index (χ2n) is 7.58. The van der Waals surface area contributed by atoms with Crippen molar-refractivity contribution in [3.8, 4) is 39.4 Å². The first-order valence-electron chi connectivity index (χ1n) is 10.5. The highest BCUT2D eigenvalue weighted by molar-refractivity contribution is 6.33. The summed E-state index contributed by atoms with van der Waals surface area (Å²) in [4.78, 5) is 19.0. The lowest BCUT2D eigenvalue weighted by atomic mass is 9.99. The van der Waals surface area contributed by atoms with Gasteiger partial charge in [-0.15, -0.1) is 0 Å². The number of pyridine rings is 1. The van der Waals surface area contributed by atoms with Crippen molar-refractivity contribution in [2.75, 3.05) is 18.1 Å². The number of anilines is 1. The Morgan fingerprint density at radius 2 is 1.59 bits per heavy atom. The zero-order valence-corrected chi connectivity index (χ0v) is 18.3. The van der Waals surface area contributed by atoms with E-state index < -0.39 is 0 Å². The average Bonchev–Trinajstić information content (AvgIpc) is 2.84. The third-order valence-electron chi connectivity index (χ3n) is 5.59. The molecule has 0 saturated heterocycles. The van der Waals surface area contributed by atoms with Crippen LogP contribution in [0.3, 0.4) is 0 Å². The van der Waals surface area contributed by atoms with E-state index in [0.717, 1.165) is 39.3 Å². The molecule has 0 spiro atoms. The van der Waals surface area contributed by atoms with E-state index in [4.69, 9.17) is 21.3 Å². The lowest BCUT2D eigenvalue weighted by Crippen LogP contribution is -2.38. The molecule has 1 aromatic heterocycles. The number of fused-ring (bicyclic) bond motifs is 1. The third-order valence-corrected chi connectivity index (χ3v) is 5.92. The van der Waals surface area contributed by atoms with E-state index in [9.17, 15) is 4.79 Å². The number of likely N-dealkylation sites (N-methyl/N-ethyl adjacent to an activating group) is 1. The molecule has 1 aliphatic heterocycles. The Balaban J connectivity index is 1.69. The van der Waals surface area contributed by atoms with Crippen molar-refractivity contribution in [3.63, 3.8) is 0 Å². The summed E-state index contributed by atoms with van der Waals surface area (Å²) in [5, 5.41) is 0.685. The molecule has 5 rings (SSSR count). The van der Waals surface area contributed by atoms with Crippen LogP contribution >= 0.6 is 11.6 Å². The fourth-order valence-corrected chi connectivity index (χ4v) is 4.24. The summed E-state index contributed by atoms with van der Waals surface area (Å²) in [5.41, 5.74) is 6.29. The minimum Gasteiger partial charge on any atom is -0.482 e. The minimum atomic E-state index is -0.0418. The van der Waals surface area contributed by atoms with Crippen LogP contribution in [0.25, 0.3) is 33.6 Å². The Labute approximate surface area is 192 Å². The molecular formula is C27H21ClN2O2. The first-order valence-corrected chi connectivity index (χ1v) is 10.9. The molecule has 2 heterocycles. The number of halogens is 1. The van der Waals surface area contributed by atoms with Gasteiger partial charge in [0.25, 0.3) is 5.91 Å². The molecule has 0 saturated carbocycles. The quantitative estimate of drug-likeness (QED) is 0.364. The van der Waals surface area contributed by atoms with Crippen LogP contribution in [0.4, 0.5) is 5.69 Å². The second kappa shape index (κ2) is 8.48. The van der Waals surface area contributed by atoms with Gasteiger partial charge < -0.3 is 9.64 Å². The van der Waals surface area contributed by atoms with Gasteiger partial charge >= 0.3 is 0 Å². The molecule has 32 heavy (non-hydrogen) atoms. The summed E-state index contributed by atoms with van der Waals surface area (Å²) >= 11 is 6.52. The van der Waals surface area contributed by atoms with E-state index >= 15 is 0 Å². The fourth-order valence-electron chi connectivity index (χ4n) is 3.99. The lowest BCUT2D eigenvalue weighted by Gasteiger charge is -2.28. The fraction of sp³-hybridized carbons (Fsp3) is 0.111. The monoisotopic (exact) mass is 440 g/mol. The summed E-state index contributed by atoms with van der Waals surface area (Å²) in [6.45, 7) is 2.61. The van der Waals surface area contributed by atoms with Crippen molar-refractivity contribution >= 4 is 23.2 Å². The van der Waals surface area contributed by atoms with E-state index in [2.05, 4.69) is 6.07 Å². The predicted molar refractivity (Wildman–Crippen MR) is 129 cm³/mol. The summed E-state index contributed by atoms with van der Waals surface area (Å²) in [5.74, 6) is 0.667. The van der Waals surface area contributed by atoms with Crippen molar-refractivity contribution in [1.82, 2.24) is 4.98 Å². The molecule has 3 aromatic carbocycles. The van der Waals surface area contributed by atoms with Crippen molar-refractivity contribution in [2.24, 2.45) is 0 Å². The van der Waals surface area contributed by atoms with Crippen molar-refractivity contribution in [3.05, 3.63) is 90.0 Å². The number of ether oxygens (including phenoxy) is 1. The number of nitrogens with zero attached hydrogens (tertiary/aromatic N) is 2. The van der Waals surface area contributed by atoms with Crippen LogP contribution in [0.5, 0.6) is 5.75 Å². The van der Waals surface area contributed by atoms with Gasteiger partial charge in [-0.3, -0.25) is 4.79 Å². The molecule has 158 valence electrons. The zero-order chi connectivity index (χ0) is 22.1. The first kappa shape index (κ1) is 20.3. The molecule has 0 radical (unpaired) electrons. The van der Waals surface area contributed by atoms with Gasteiger partial charge in [-0.05, 0) is 48.9 Å². The number of aromatic nitrogens is 1. The molecule has 0 fully saturated rings. The average molecular weight is 441 g/mol. The van der Waals surface area contributed by atoms with Crippen LogP contribution in [0, 0.1) is 0 Å². The van der Waals surface area contributed by atoms with E-state index in [1.54, 1.807) is 4.90 Å². The van der Waals surface area contributed by atoms with E-state index in [-0.39, 0.29) is 12.5 Å². The standard InChI is InChI=1S/C27H21ClN2O2/c1-2-30-25-16-19(12-13-26(25)32-17-27(30)31)24-15-20(21-10-6-7-11-22(21)28)14-23(29-24)18-8-4-3-5-9-18/h3-16H,2,17H2,1H3. The summed E-state index contributed by atoms with van der Waals surface area (Å²) in [7, 11) is 0. The van der Waals surface area contributed by atoms with E-state index in [1.165, 1.54) is 0 Å². The number of carbonyl (C=O) groups excluding carboxylic acids is 1. The molecular weight excluding hydrogens is 420 g/mol. The van der Waals surface area contributed by atoms with Crippen molar-refractivity contribution in [1.29, 1.82) is 0 Å². The maximum Gasteiger partial charge on any atom is 0.265 e. The molecule has 0 unspecified atom stereocenters. The van der Waals surface area contributed by atoms with Crippen molar-refractivity contribution in [2.45, 2.75) is 6.92 Å². The minimum absolute atomic E-state index is 0.0418. The number of benzene rings is 3. The van der Waals surface area contributed by atoms with Crippen molar-refractivity contribution < 1.29 is 9.53 Å². The molecule has 4 aromatic rings. The van der Waals surface area contributed by atoms with Gasteiger partial charge in [-0.2, -0.15) is 0 Å². The van der Waals surface area contributed by atoms with Crippen LogP contribution in [-0.2, 0) is 4.79 Å². The molecule has 1 amide bonds. The second-order valence-corrected chi connectivity index (χ2v) is 7.99. The Morgan fingerprint density at radius 1 is 0.875 bits per heavy atom. The van der Waals surface area contributed by atoms with Gasteiger partial charge in [0.1, 0.15) is 5.75 Å². The number of rotatable bonds is 4. The van der Waals surface area contributed by atoms with Gasteiger partial charge in [0.15, 0.2) is 6.61 Å². The molecule has 0 bridgehead atoms. The number of hydrogen-bond donors (Lipinski definition) is 0. The van der Waals surface area contributed by atoms with Crippen LogP contribution in [0.1, 0.15) is 6.92 Å². The molecule has 0 atom stereocenters. The normalized spacial score (nSPS) is 12.9. The first-order chi connectivity index (χ1) is 15.6. The lowest BCUT2D eigenvalue weighted by molar-refractivity contribution is -0.121. The van der Waals surface area contributed by atoms with Gasteiger partial charge in [0, 0.05) is 28.3 Å². The molecule has 0 N–H and O–H groups in total. The molecule has 5 heteroatoms. The zero-order valence-electron chi connectivity index (χ0n) is 17.6. The van der Waals surface area contributed by atoms with Crippen LogP contribution in [-0.4, -0.2) is 24.0 Å². The SMILES string of the molecule is CCN1C(=O)COc2ccc(-c3cc(-c4ccccc4Cl)cc(-c4ccccc4)n3)cc21. The van der Waals surface area contributed by atoms with Gasteiger partial charge in [0.2, 0.25) is 0 Å². The maximum absolute atomic E-state index is 12.3. The number of hydrogen-bond acceptors (Lipinski definition) is 3. The molecule has 4 nitrogen and oxygen atoms in total. The van der Waals surface area contributed by atoms with Crippen LogP contribution < -0.4 is 9.64 Å².